The van der Waals surface area contributed by atoms with Crippen LogP contribution in [0.2, 0.25) is 0 Å². The minimum Gasteiger partial charge on any atom is -0.462 e. The quantitative estimate of drug-likeness (QED) is 0.0122. The van der Waals surface area contributed by atoms with Gasteiger partial charge in [-0.1, -0.05) is 159 Å². The SMILES string of the molecule is CCCCCC=CCC=CCC=CCC=CCCCCCC(=O)OC[C@H](COP(=O)(O)O[C@H]1C(O)C(O)C(OP(=O)(O)O)[C@@H](OP(=O)(O)O)C1O)OC(=O)CCCCCCCCCCCCCCC. The Hall–Kier alpha value is -1.89. The van der Waals surface area contributed by atoms with Gasteiger partial charge in [-0.2, -0.15) is 0 Å². The van der Waals surface area contributed by atoms with E-state index in [2.05, 4.69) is 71.5 Å². The lowest BCUT2D eigenvalue weighted by Gasteiger charge is -2.44. The second-order valence-corrected chi connectivity index (χ2v) is 21.2. The molecule has 0 radical (unpaired) electrons. The molecule has 402 valence electrons. The molecule has 8 N–H and O–H groups in total. The summed E-state index contributed by atoms with van der Waals surface area (Å²) in [6.07, 6.45) is 25.5. The molecule has 0 aliphatic heterocycles. The van der Waals surface area contributed by atoms with Crippen molar-refractivity contribution in [1.29, 1.82) is 0 Å². The highest BCUT2D eigenvalue weighted by atomic mass is 31.2. The zero-order valence-corrected chi connectivity index (χ0v) is 43.6. The van der Waals surface area contributed by atoms with Crippen molar-refractivity contribution in [2.24, 2.45) is 0 Å². The van der Waals surface area contributed by atoms with Crippen LogP contribution in [0.25, 0.3) is 0 Å². The first-order valence-electron chi connectivity index (χ1n) is 24.9. The van der Waals surface area contributed by atoms with Gasteiger partial charge < -0.3 is 49.3 Å². The van der Waals surface area contributed by atoms with Gasteiger partial charge in [0, 0.05) is 12.8 Å². The number of hydrogen-bond acceptors (Lipinski definition) is 14. The van der Waals surface area contributed by atoms with E-state index in [0.717, 1.165) is 77.0 Å². The van der Waals surface area contributed by atoms with Gasteiger partial charge in [0.2, 0.25) is 0 Å². The second kappa shape index (κ2) is 38.7. The van der Waals surface area contributed by atoms with Gasteiger partial charge in [-0.05, 0) is 57.8 Å². The first kappa shape index (κ1) is 65.1. The van der Waals surface area contributed by atoms with Crippen molar-refractivity contribution in [2.45, 2.75) is 224 Å². The summed E-state index contributed by atoms with van der Waals surface area (Å²) >= 11 is 0. The molecule has 0 bridgehead atoms. The molecule has 0 heterocycles. The summed E-state index contributed by atoms with van der Waals surface area (Å²) in [7, 11) is -16.6. The van der Waals surface area contributed by atoms with E-state index in [1.807, 2.05) is 0 Å². The summed E-state index contributed by atoms with van der Waals surface area (Å²) in [5.41, 5.74) is 0. The summed E-state index contributed by atoms with van der Waals surface area (Å²) in [6, 6.07) is 0. The molecule has 0 spiro atoms. The molecule has 1 fully saturated rings. The van der Waals surface area contributed by atoms with Gasteiger partial charge in [0.1, 0.15) is 43.2 Å². The average molecular weight is 1050 g/mol. The van der Waals surface area contributed by atoms with Crippen LogP contribution < -0.4 is 0 Å². The standard InChI is InChI=1S/C47H85O19P3/c1-3-5-7-9-11-13-15-17-18-19-20-21-22-24-25-27-29-31-33-35-40(48)61-37-39(63-41(49)36-34-32-30-28-26-23-16-14-12-10-8-6-4-2)38-62-69(59,60)66-45-42(50)43(51)46(64-67(53,54)55)47(44(45)52)65-68(56,57)58/h11,13,17-18,20-21,24-25,39,42-47,50-52H,3-10,12,14-16,19,22-23,26-38H2,1-2H3,(H,59,60)(H2,53,54,55)(H2,56,57,58)/t39-,42?,43?,44?,45+,46?,47+/m1/s1. The summed E-state index contributed by atoms with van der Waals surface area (Å²) in [5, 5.41) is 31.9. The highest BCUT2D eigenvalue weighted by Crippen LogP contribution is 2.51. The van der Waals surface area contributed by atoms with E-state index in [-0.39, 0.29) is 12.8 Å². The lowest BCUT2D eigenvalue weighted by Crippen LogP contribution is -2.65. The molecule has 8 atom stereocenters. The minimum absolute atomic E-state index is 0.00785. The van der Waals surface area contributed by atoms with Crippen LogP contribution in [0.15, 0.2) is 48.6 Å². The first-order chi connectivity index (χ1) is 32.8. The number of hydrogen-bond donors (Lipinski definition) is 8. The van der Waals surface area contributed by atoms with Crippen LogP contribution in [0.1, 0.15) is 181 Å². The Morgan fingerprint density at radius 1 is 0.464 bits per heavy atom. The lowest BCUT2D eigenvalue weighted by atomic mass is 9.85. The number of ether oxygens (including phenoxy) is 2. The fourth-order valence-corrected chi connectivity index (χ4v) is 9.49. The van der Waals surface area contributed by atoms with E-state index in [1.54, 1.807) is 0 Å². The minimum atomic E-state index is -5.60. The molecule has 69 heavy (non-hydrogen) atoms. The molecule has 0 saturated heterocycles. The zero-order valence-electron chi connectivity index (χ0n) is 40.9. The summed E-state index contributed by atoms with van der Waals surface area (Å²) < 4.78 is 65.5. The third kappa shape index (κ3) is 35.0. The summed E-state index contributed by atoms with van der Waals surface area (Å²) in [5.74, 6) is -1.33. The van der Waals surface area contributed by atoms with Gasteiger partial charge in [-0.3, -0.25) is 27.7 Å². The van der Waals surface area contributed by atoms with Gasteiger partial charge in [0.25, 0.3) is 0 Å². The molecule has 0 aromatic carbocycles. The van der Waals surface area contributed by atoms with Gasteiger partial charge in [0.05, 0.1) is 6.61 Å². The summed E-state index contributed by atoms with van der Waals surface area (Å²) in [6.45, 7) is 2.89. The number of rotatable bonds is 42. The Morgan fingerprint density at radius 2 is 0.841 bits per heavy atom. The molecular formula is C47H85O19P3. The smallest absolute Gasteiger partial charge is 0.462 e. The average Bonchev–Trinajstić information content (AvgIpc) is 3.28. The monoisotopic (exact) mass is 1050 g/mol. The topological polar surface area (TPSA) is 303 Å². The van der Waals surface area contributed by atoms with Gasteiger partial charge in [-0.15, -0.1) is 0 Å². The van der Waals surface area contributed by atoms with Crippen molar-refractivity contribution >= 4 is 35.4 Å². The van der Waals surface area contributed by atoms with E-state index in [0.29, 0.717) is 12.8 Å². The Kier molecular flexibility index (Phi) is 36.5. The van der Waals surface area contributed by atoms with Crippen molar-refractivity contribution in [3.05, 3.63) is 48.6 Å². The maximum atomic E-state index is 13.1. The number of allylic oxidation sites excluding steroid dienone is 8. The highest BCUT2D eigenvalue weighted by Gasteiger charge is 2.56. The van der Waals surface area contributed by atoms with Crippen molar-refractivity contribution in [3.8, 4) is 0 Å². The van der Waals surface area contributed by atoms with Gasteiger partial charge in [0.15, 0.2) is 6.10 Å². The van der Waals surface area contributed by atoms with E-state index in [4.69, 9.17) is 18.5 Å². The van der Waals surface area contributed by atoms with Crippen LogP contribution in [0.4, 0.5) is 0 Å². The number of unbranched alkanes of at least 4 members (excludes halogenated alkanes) is 18. The Labute approximate surface area is 410 Å². The zero-order chi connectivity index (χ0) is 51.4. The van der Waals surface area contributed by atoms with Crippen molar-refractivity contribution in [3.63, 3.8) is 0 Å². The maximum absolute atomic E-state index is 13.1. The van der Waals surface area contributed by atoms with Crippen LogP contribution in [-0.4, -0.2) is 108 Å². The molecule has 19 nitrogen and oxygen atoms in total. The fourth-order valence-electron chi connectivity index (χ4n) is 7.39. The molecular weight excluding hydrogens is 961 g/mol. The van der Waals surface area contributed by atoms with Crippen LogP contribution in [-0.2, 0) is 50.9 Å². The van der Waals surface area contributed by atoms with Crippen molar-refractivity contribution < 1.29 is 90.6 Å². The predicted molar refractivity (Wildman–Crippen MR) is 261 cm³/mol. The highest BCUT2D eigenvalue weighted by molar-refractivity contribution is 7.47. The third-order valence-electron chi connectivity index (χ3n) is 11.1. The number of carbonyl (C=O) groups is 2. The molecule has 0 aromatic rings. The Bertz CT molecular complexity index is 1630. The molecule has 1 saturated carbocycles. The molecule has 0 aromatic heterocycles. The number of phosphoric acid groups is 3. The van der Waals surface area contributed by atoms with Crippen LogP contribution >= 0.6 is 23.5 Å². The van der Waals surface area contributed by atoms with Gasteiger partial charge >= 0.3 is 35.4 Å². The maximum Gasteiger partial charge on any atom is 0.472 e. The van der Waals surface area contributed by atoms with Crippen LogP contribution in [0, 0.1) is 0 Å². The Balaban J connectivity index is 2.72. The van der Waals surface area contributed by atoms with Crippen LogP contribution in [0.3, 0.4) is 0 Å². The number of aliphatic hydroxyl groups is 3. The van der Waals surface area contributed by atoms with E-state index < -0.39 is 91.3 Å². The lowest BCUT2D eigenvalue weighted by molar-refractivity contribution is -0.213. The van der Waals surface area contributed by atoms with Crippen molar-refractivity contribution in [1.82, 2.24) is 0 Å². The normalized spacial score (nSPS) is 21.7. The molecule has 22 heteroatoms. The fraction of sp³-hybridized carbons (Fsp3) is 0.787. The number of phosphoric ester groups is 3. The molecule has 1 rings (SSSR count). The number of aliphatic hydroxyl groups excluding tert-OH is 3. The van der Waals surface area contributed by atoms with E-state index >= 15 is 0 Å². The van der Waals surface area contributed by atoms with Gasteiger partial charge in [-0.25, -0.2) is 13.7 Å². The predicted octanol–water partition coefficient (Wildman–Crippen LogP) is 9.40. The second-order valence-electron chi connectivity index (χ2n) is 17.4. The summed E-state index contributed by atoms with van der Waals surface area (Å²) in [4.78, 5) is 73.3. The molecule has 5 unspecified atom stereocenters. The molecule has 0 amide bonds. The van der Waals surface area contributed by atoms with Crippen molar-refractivity contribution in [2.75, 3.05) is 13.2 Å². The largest absolute Gasteiger partial charge is 0.472 e. The Morgan fingerprint density at radius 3 is 1.32 bits per heavy atom. The molecule has 1 aliphatic rings. The molecule has 1 aliphatic carbocycles. The van der Waals surface area contributed by atoms with Crippen LogP contribution in [0.5, 0.6) is 0 Å². The van der Waals surface area contributed by atoms with E-state index in [9.17, 15) is 63.1 Å². The third-order valence-corrected chi connectivity index (χ3v) is 13.2. The number of carbonyl (C=O) groups excluding carboxylic acids is 2. The first-order valence-corrected chi connectivity index (χ1v) is 29.5. The number of esters is 2. The van der Waals surface area contributed by atoms with E-state index in [1.165, 1.54) is 64.2 Å².